The number of aromatic nitrogens is 1. The normalized spacial score (nSPS) is 15.6. The maximum Gasteiger partial charge on any atom is 0.205 e. The fourth-order valence-corrected chi connectivity index (χ4v) is 3.24. The first-order valence-corrected chi connectivity index (χ1v) is 8.60. The van der Waals surface area contributed by atoms with E-state index in [4.69, 9.17) is 15.0 Å². The average Bonchev–Trinajstić information content (AvgIpc) is 3.16. The van der Waals surface area contributed by atoms with Crippen LogP contribution in [0.2, 0.25) is 0 Å². The lowest BCUT2D eigenvalue weighted by molar-refractivity contribution is 0.386. The molecule has 1 aliphatic rings. The van der Waals surface area contributed by atoms with Gasteiger partial charge in [0.15, 0.2) is 5.76 Å². The van der Waals surface area contributed by atoms with Crippen molar-refractivity contribution < 1.29 is 13.7 Å². The number of nitrogens with zero attached hydrogens (tertiary/aromatic N) is 3. The predicted octanol–water partition coefficient (Wildman–Crippen LogP) is 3.76. The van der Waals surface area contributed by atoms with E-state index in [0.29, 0.717) is 17.0 Å². The van der Waals surface area contributed by atoms with Crippen LogP contribution < -0.4 is 15.4 Å². The monoisotopic (exact) mass is 376 g/mol. The van der Waals surface area contributed by atoms with Crippen molar-refractivity contribution in [3.05, 3.63) is 77.1 Å². The number of fused-ring (bicyclic) bond motifs is 1. The van der Waals surface area contributed by atoms with Gasteiger partial charge in [0.2, 0.25) is 5.88 Å². The number of hydrogen-bond acceptors (Lipinski definition) is 6. The van der Waals surface area contributed by atoms with Crippen LogP contribution in [0.4, 0.5) is 10.1 Å². The Morgan fingerprint density at radius 3 is 2.68 bits per heavy atom. The van der Waals surface area contributed by atoms with E-state index in [9.17, 15) is 9.65 Å². The van der Waals surface area contributed by atoms with Crippen molar-refractivity contribution in [1.29, 1.82) is 5.26 Å². The molecule has 7 heteroatoms. The van der Waals surface area contributed by atoms with Crippen molar-refractivity contribution in [3.63, 3.8) is 0 Å². The molecule has 0 aliphatic carbocycles. The van der Waals surface area contributed by atoms with Crippen LogP contribution in [0.3, 0.4) is 0 Å². The summed E-state index contributed by atoms with van der Waals surface area (Å²) in [5, 5.41) is 13.7. The Balaban J connectivity index is 1.83. The third-order valence-corrected chi connectivity index (χ3v) is 4.68. The van der Waals surface area contributed by atoms with Crippen LogP contribution in [-0.2, 0) is 0 Å². The second kappa shape index (κ2) is 6.74. The Morgan fingerprint density at radius 2 is 1.96 bits per heavy atom. The Kier molecular flexibility index (Phi) is 4.24. The van der Waals surface area contributed by atoms with Crippen LogP contribution >= 0.6 is 0 Å². The number of nitriles is 1. The summed E-state index contributed by atoms with van der Waals surface area (Å²) in [6, 6.07) is 15.6. The molecule has 0 bridgehead atoms. The summed E-state index contributed by atoms with van der Waals surface area (Å²) in [6.07, 6.45) is 0. The predicted molar refractivity (Wildman–Crippen MR) is 102 cm³/mol. The minimum Gasteiger partial charge on any atom is -0.440 e. The molecule has 1 aliphatic heterocycles. The van der Waals surface area contributed by atoms with Crippen molar-refractivity contribution in [1.82, 2.24) is 5.16 Å². The topological polar surface area (TPSA) is 88.3 Å². The first-order valence-electron chi connectivity index (χ1n) is 8.60. The minimum atomic E-state index is -0.561. The van der Waals surface area contributed by atoms with Crippen LogP contribution in [0, 0.1) is 17.1 Å². The molecule has 0 saturated heterocycles. The van der Waals surface area contributed by atoms with Crippen molar-refractivity contribution in [2.24, 2.45) is 5.73 Å². The van der Waals surface area contributed by atoms with E-state index in [2.05, 4.69) is 11.2 Å². The van der Waals surface area contributed by atoms with Gasteiger partial charge in [-0.2, -0.15) is 5.26 Å². The van der Waals surface area contributed by atoms with Crippen LogP contribution in [-0.4, -0.2) is 19.3 Å². The number of ether oxygens (including phenoxy) is 1. The van der Waals surface area contributed by atoms with E-state index < -0.39 is 11.7 Å². The third kappa shape index (κ3) is 2.85. The number of anilines is 1. The summed E-state index contributed by atoms with van der Waals surface area (Å²) < 4.78 is 25.2. The fraction of sp³-hybridized carbons (Fsp3) is 0.143. The number of halogens is 1. The van der Waals surface area contributed by atoms with Gasteiger partial charge in [-0.1, -0.05) is 23.4 Å². The standard InChI is InChI=1S/C21H17FN4O2/c1-26(2)12-7-8-14-18(9-12)27-21(24)15(11-23)20(14)17-10-19(28-25-17)13-5-3-4-6-16(13)22/h3-10,20H,24H2,1-2H3. The van der Waals surface area contributed by atoms with Crippen LogP contribution in [0.15, 0.2) is 64.5 Å². The summed E-state index contributed by atoms with van der Waals surface area (Å²) in [5.74, 6) is -0.130. The fourth-order valence-electron chi connectivity index (χ4n) is 3.24. The molecule has 140 valence electrons. The van der Waals surface area contributed by atoms with E-state index in [1.165, 1.54) is 6.07 Å². The zero-order valence-corrected chi connectivity index (χ0v) is 15.3. The van der Waals surface area contributed by atoms with Gasteiger partial charge in [0.1, 0.15) is 23.2 Å². The Morgan fingerprint density at radius 1 is 1.18 bits per heavy atom. The largest absolute Gasteiger partial charge is 0.440 e. The molecule has 1 unspecified atom stereocenters. The van der Waals surface area contributed by atoms with E-state index in [-0.39, 0.29) is 17.2 Å². The highest BCUT2D eigenvalue weighted by atomic mass is 19.1. The van der Waals surface area contributed by atoms with Gasteiger partial charge >= 0.3 is 0 Å². The van der Waals surface area contributed by atoms with Gasteiger partial charge in [-0.05, 0) is 18.2 Å². The smallest absolute Gasteiger partial charge is 0.205 e. The summed E-state index contributed by atoms with van der Waals surface area (Å²) >= 11 is 0. The summed E-state index contributed by atoms with van der Waals surface area (Å²) in [6.45, 7) is 0. The van der Waals surface area contributed by atoms with Gasteiger partial charge in [-0.15, -0.1) is 0 Å². The molecule has 2 N–H and O–H groups in total. The SMILES string of the molecule is CN(C)c1ccc2c(c1)OC(N)=C(C#N)C2c1cc(-c2ccccc2F)on1. The molecular weight excluding hydrogens is 359 g/mol. The highest BCUT2D eigenvalue weighted by molar-refractivity contribution is 5.63. The van der Waals surface area contributed by atoms with Gasteiger partial charge in [-0.25, -0.2) is 4.39 Å². The number of nitrogens with two attached hydrogens (primary N) is 1. The Hall–Kier alpha value is -3.79. The Bertz CT molecular complexity index is 1130. The van der Waals surface area contributed by atoms with Gasteiger partial charge in [-0.3, -0.25) is 0 Å². The van der Waals surface area contributed by atoms with Gasteiger partial charge in [0, 0.05) is 37.5 Å². The quantitative estimate of drug-likeness (QED) is 0.749. The lowest BCUT2D eigenvalue weighted by Gasteiger charge is -2.26. The molecule has 6 nitrogen and oxygen atoms in total. The molecule has 0 saturated carbocycles. The van der Waals surface area contributed by atoms with E-state index in [0.717, 1.165) is 11.3 Å². The van der Waals surface area contributed by atoms with Crippen molar-refractivity contribution in [2.75, 3.05) is 19.0 Å². The lowest BCUT2D eigenvalue weighted by atomic mass is 9.86. The molecule has 2 aromatic carbocycles. The molecule has 0 radical (unpaired) electrons. The van der Waals surface area contributed by atoms with Gasteiger partial charge < -0.3 is 19.9 Å². The molecule has 4 rings (SSSR count). The summed E-state index contributed by atoms with van der Waals surface area (Å²) in [4.78, 5) is 1.94. The van der Waals surface area contributed by atoms with E-state index in [1.807, 2.05) is 37.2 Å². The lowest BCUT2D eigenvalue weighted by Crippen LogP contribution is -2.21. The molecule has 1 aromatic heterocycles. The second-order valence-electron chi connectivity index (χ2n) is 6.64. The number of rotatable bonds is 3. The van der Waals surface area contributed by atoms with Crippen LogP contribution in [0.25, 0.3) is 11.3 Å². The first-order chi connectivity index (χ1) is 13.5. The number of benzene rings is 2. The van der Waals surface area contributed by atoms with Crippen molar-refractivity contribution >= 4 is 5.69 Å². The van der Waals surface area contributed by atoms with Crippen molar-refractivity contribution in [2.45, 2.75) is 5.92 Å². The molecular formula is C21H17FN4O2. The third-order valence-electron chi connectivity index (χ3n) is 4.68. The minimum absolute atomic E-state index is 0.0198. The number of allylic oxidation sites excluding steroid dienone is 1. The van der Waals surface area contributed by atoms with Gasteiger partial charge in [0.25, 0.3) is 0 Å². The Labute approximate surface area is 161 Å². The highest BCUT2D eigenvalue weighted by Crippen LogP contribution is 2.43. The molecule has 0 amide bonds. The molecule has 0 fully saturated rings. The first kappa shape index (κ1) is 17.6. The van der Waals surface area contributed by atoms with E-state index in [1.54, 1.807) is 24.3 Å². The zero-order valence-electron chi connectivity index (χ0n) is 15.3. The molecule has 2 heterocycles. The summed E-state index contributed by atoms with van der Waals surface area (Å²) in [5.41, 5.74) is 8.66. The van der Waals surface area contributed by atoms with Crippen molar-refractivity contribution in [3.8, 4) is 23.1 Å². The number of hydrogen-bond donors (Lipinski definition) is 1. The van der Waals surface area contributed by atoms with Crippen LogP contribution in [0.1, 0.15) is 17.2 Å². The highest BCUT2D eigenvalue weighted by Gasteiger charge is 2.33. The maximum atomic E-state index is 14.1. The zero-order chi connectivity index (χ0) is 19.8. The molecule has 0 spiro atoms. The molecule has 3 aromatic rings. The van der Waals surface area contributed by atoms with Crippen LogP contribution in [0.5, 0.6) is 5.75 Å². The average molecular weight is 376 g/mol. The maximum absolute atomic E-state index is 14.1. The van der Waals surface area contributed by atoms with Gasteiger partial charge in [0.05, 0.1) is 17.2 Å². The van der Waals surface area contributed by atoms with E-state index >= 15 is 0 Å². The molecule has 28 heavy (non-hydrogen) atoms. The second-order valence-corrected chi connectivity index (χ2v) is 6.64. The molecule has 1 atom stereocenters. The summed E-state index contributed by atoms with van der Waals surface area (Å²) in [7, 11) is 3.83.